The minimum Gasteiger partial charge on any atom is -0.478 e. The highest BCUT2D eigenvalue weighted by Gasteiger charge is 2.08. The van der Waals surface area contributed by atoms with Crippen LogP contribution in [0.4, 0.5) is 5.69 Å². The Morgan fingerprint density at radius 3 is 2.62 bits per heavy atom. The predicted octanol–water partition coefficient (Wildman–Crippen LogP) is 4.51. The molecule has 0 atom stereocenters. The van der Waals surface area contributed by atoms with Gasteiger partial charge in [0, 0.05) is 11.0 Å². The van der Waals surface area contributed by atoms with Crippen molar-refractivity contribution in [3.05, 3.63) is 55.7 Å². The van der Waals surface area contributed by atoms with Crippen LogP contribution in [0.5, 0.6) is 0 Å². The topological polar surface area (TPSA) is 66.4 Å². The highest BCUT2D eigenvalue weighted by Crippen LogP contribution is 2.24. The normalized spacial score (nSPS) is 10.8. The van der Waals surface area contributed by atoms with Crippen LogP contribution >= 0.6 is 38.9 Å². The van der Waals surface area contributed by atoms with Crippen molar-refractivity contribution in [3.63, 3.8) is 0 Å². The molecule has 1 heterocycles. The quantitative estimate of drug-likeness (QED) is 0.760. The van der Waals surface area contributed by atoms with E-state index in [1.54, 1.807) is 6.08 Å². The molecule has 0 unspecified atom stereocenters. The van der Waals surface area contributed by atoms with Crippen LogP contribution in [0.15, 0.2) is 40.2 Å². The maximum atomic E-state index is 11.8. The number of carboxylic acid groups (broad SMARTS) is 1. The van der Waals surface area contributed by atoms with Crippen LogP contribution in [-0.2, 0) is 4.79 Å². The first kappa shape index (κ1) is 15.8. The standard InChI is InChI=1S/C14H9BrClNO3S/c15-12-5-2-9(21-12)3-6-13(18)17-11-4-1-8(14(19)20)7-10(11)16/h1-7H,(H,17,18)(H,19,20). The smallest absolute Gasteiger partial charge is 0.335 e. The van der Waals surface area contributed by atoms with Crippen molar-refractivity contribution in [1.82, 2.24) is 0 Å². The summed E-state index contributed by atoms with van der Waals surface area (Å²) in [5.41, 5.74) is 0.431. The van der Waals surface area contributed by atoms with Gasteiger partial charge in [-0.25, -0.2) is 4.79 Å². The van der Waals surface area contributed by atoms with E-state index in [1.165, 1.54) is 35.6 Å². The van der Waals surface area contributed by atoms with Crippen LogP contribution in [0.2, 0.25) is 5.02 Å². The van der Waals surface area contributed by atoms with Crippen molar-refractivity contribution in [2.75, 3.05) is 5.32 Å². The van der Waals surface area contributed by atoms with Gasteiger partial charge in [0.05, 0.1) is 20.1 Å². The van der Waals surface area contributed by atoms with Crippen molar-refractivity contribution in [1.29, 1.82) is 0 Å². The third-order valence-corrected chi connectivity index (χ3v) is 4.37. The van der Waals surface area contributed by atoms with Gasteiger partial charge in [-0.3, -0.25) is 4.79 Å². The van der Waals surface area contributed by atoms with Gasteiger partial charge in [0.2, 0.25) is 5.91 Å². The zero-order valence-electron chi connectivity index (χ0n) is 10.5. The van der Waals surface area contributed by atoms with Crippen LogP contribution in [0.25, 0.3) is 6.08 Å². The van der Waals surface area contributed by atoms with Gasteiger partial charge in [0.25, 0.3) is 0 Å². The Morgan fingerprint density at radius 1 is 1.29 bits per heavy atom. The third kappa shape index (κ3) is 4.42. The van der Waals surface area contributed by atoms with Gasteiger partial charge >= 0.3 is 5.97 Å². The molecule has 1 aromatic heterocycles. The average Bonchev–Trinajstić information content (AvgIpc) is 2.84. The minimum absolute atomic E-state index is 0.0666. The van der Waals surface area contributed by atoms with Gasteiger partial charge < -0.3 is 10.4 Å². The minimum atomic E-state index is -1.07. The summed E-state index contributed by atoms with van der Waals surface area (Å²) < 4.78 is 0.981. The summed E-state index contributed by atoms with van der Waals surface area (Å²) in [4.78, 5) is 23.5. The van der Waals surface area contributed by atoms with E-state index in [2.05, 4.69) is 21.2 Å². The Kier molecular flexibility index (Phi) is 5.17. The SMILES string of the molecule is O=C(C=Cc1ccc(Br)s1)Nc1ccc(C(=O)O)cc1Cl. The Bertz CT molecular complexity index is 727. The molecule has 0 saturated carbocycles. The summed E-state index contributed by atoms with van der Waals surface area (Å²) in [6, 6.07) is 7.90. The van der Waals surface area contributed by atoms with Crippen molar-refractivity contribution in [3.8, 4) is 0 Å². The van der Waals surface area contributed by atoms with E-state index in [0.717, 1.165) is 8.66 Å². The van der Waals surface area contributed by atoms with Gasteiger partial charge in [-0.1, -0.05) is 11.6 Å². The lowest BCUT2D eigenvalue weighted by molar-refractivity contribution is -0.111. The van der Waals surface area contributed by atoms with Gasteiger partial charge in [-0.05, 0) is 52.3 Å². The first-order valence-electron chi connectivity index (χ1n) is 5.73. The Labute approximate surface area is 138 Å². The van der Waals surface area contributed by atoms with Crippen LogP contribution < -0.4 is 5.32 Å². The fraction of sp³-hybridized carbons (Fsp3) is 0. The molecule has 0 radical (unpaired) electrons. The lowest BCUT2D eigenvalue weighted by Gasteiger charge is -2.05. The zero-order valence-corrected chi connectivity index (χ0v) is 13.6. The number of thiophene rings is 1. The molecule has 108 valence electrons. The highest BCUT2D eigenvalue weighted by atomic mass is 79.9. The summed E-state index contributed by atoms with van der Waals surface area (Å²) >= 11 is 10.8. The number of hydrogen-bond acceptors (Lipinski definition) is 3. The van der Waals surface area contributed by atoms with Crippen LogP contribution in [0, 0.1) is 0 Å². The molecule has 0 aliphatic rings. The third-order valence-electron chi connectivity index (χ3n) is 2.47. The van der Waals surface area contributed by atoms with Crippen LogP contribution in [-0.4, -0.2) is 17.0 Å². The van der Waals surface area contributed by atoms with E-state index in [4.69, 9.17) is 16.7 Å². The summed E-state index contributed by atoms with van der Waals surface area (Å²) in [6.45, 7) is 0. The summed E-state index contributed by atoms with van der Waals surface area (Å²) in [5.74, 6) is -1.41. The average molecular weight is 387 g/mol. The van der Waals surface area contributed by atoms with Crippen LogP contribution in [0.1, 0.15) is 15.2 Å². The maximum Gasteiger partial charge on any atom is 0.335 e. The molecule has 0 aliphatic carbocycles. The maximum absolute atomic E-state index is 11.8. The zero-order chi connectivity index (χ0) is 15.4. The second-order valence-corrected chi connectivity index (χ2v) is 6.87. The van der Waals surface area contributed by atoms with Gasteiger partial charge in [-0.2, -0.15) is 0 Å². The number of halogens is 2. The molecule has 0 aliphatic heterocycles. The molecule has 0 spiro atoms. The van der Waals surface area contributed by atoms with Gasteiger partial charge in [0.1, 0.15) is 0 Å². The number of nitrogens with one attached hydrogen (secondary N) is 1. The van der Waals surface area contributed by atoms with Crippen molar-refractivity contribution in [2.24, 2.45) is 0 Å². The first-order chi connectivity index (χ1) is 9.95. The highest BCUT2D eigenvalue weighted by molar-refractivity contribution is 9.11. The Hall–Kier alpha value is -1.63. The number of amides is 1. The van der Waals surface area contributed by atoms with E-state index in [0.29, 0.717) is 5.69 Å². The molecule has 4 nitrogen and oxygen atoms in total. The molecule has 0 saturated heterocycles. The number of carbonyl (C=O) groups excluding carboxylic acids is 1. The number of anilines is 1. The number of aromatic carboxylic acids is 1. The van der Waals surface area contributed by atoms with Crippen LogP contribution in [0.3, 0.4) is 0 Å². The van der Waals surface area contributed by atoms with Gasteiger partial charge in [0.15, 0.2) is 0 Å². The second-order valence-electron chi connectivity index (χ2n) is 3.96. The molecule has 21 heavy (non-hydrogen) atoms. The molecular formula is C14H9BrClNO3S. The molecule has 7 heteroatoms. The molecule has 0 fully saturated rings. The summed E-state index contributed by atoms with van der Waals surface area (Å²) in [5, 5.41) is 11.6. The molecule has 2 rings (SSSR count). The van der Waals surface area contributed by atoms with E-state index in [-0.39, 0.29) is 16.5 Å². The summed E-state index contributed by atoms with van der Waals surface area (Å²) in [6.07, 6.45) is 3.07. The molecule has 2 aromatic rings. The van der Waals surface area contributed by atoms with Gasteiger partial charge in [-0.15, -0.1) is 11.3 Å². The second kappa shape index (κ2) is 6.89. The fourth-order valence-corrected chi connectivity index (χ4v) is 3.05. The molecule has 0 bridgehead atoms. The predicted molar refractivity (Wildman–Crippen MR) is 88.1 cm³/mol. The monoisotopic (exact) mass is 385 g/mol. The van der Waals surface area contributed by atoms with E-state index >= 15 is 0 Å². The van der Waals surface area contributed by atoms with Crippen molar-refractivity contribution >= 4 is 62.5 Å². The van der Waals surface area contributed by atoms with Crippen molar-refractivity contribution in [2.45, 2.75) is 0 Å². The lowest BCUT2D eigenvalue weighted by Crippen LogP contribution is -2.08. The molecule has 1 amide bonds. The van der Waals surface area contributed by atoms with E-state index in [9.17, 15) is 9.59 Å². The number of benzene rings is 1. The van der Waals surface area contributed by atoms with E-state index in [1.807, 2.05) is 12.1 Å². The number of carboxylic acids is 1. The summed E-state index contributed by atoms with van der Waals surface area (Å²) in [7, 11) is 0. The number of carbonyl (C=O) groups is 2. The number of rotatable bonds is 4. The Morgan fingerprint density at radius 2 is 2.05 bits per heavy atom. The lowest BCUT2D eigenvalue weighted by atomic mass is 10.2. The van der Waals surface area contributed by atoms with E-state index < -0.39 is 5.97 Å². The molecule has 2 N–H and O–H groups in total. The fourth-order valence-electron chi connectivity index (χ4n) is 1.50. The first-order valence-corrected chi connectivity index (χ1v) is 7.71. The molecular weight excluding hydrogens is 378 g/mol. The van der Waals surface area contributed by atoms with Crippen molar-refractivity contribution < 1.29 is 14.7 Å². The Balaban J connectivity index is 2.06. The molecule has 1 aromatic carbocycles. The largest absolute Gasteiger partial charge is 0.478 e. The number of hydrogen-bond donors (Lipinski definition) is 2.